The SMILES string of the molecule is CN1CCN(Cc2cc3ccc(CN)cc3[nH]2)CC1. The molecule has 4 nitrogen and oxygen atoms in total. The maximum atomic E-state index is 5.68. The van der Waals surface area contributed by atoms with E-state index in [0.29, 0.717) is 6.54 Å². The van der Waals surface area contributed by atoms with Crippen LogP contribution in [0.3, 0.4) is 0 Å². The van der Waals surface area contributed by atoms with Crippen molar-refractivity contribution in [2.24, 2.45) is 5.73 Å². The summed E-state index contributed by atoms with van der Waals surface area (Å²) in [6.45, 7) is 6.25. The molecule has 3 N–H and O–H groups in total. The largest absolute Gasteiger partial charge is 0.357 e. The molecule has 102 valence electrons. The van der Waals surface area contributed by atoms with Crippen LogP contribution >= 0.6 is 0 Å². The Kier molecular flexibility index (Phi) is 3.55. The van der Waals surface area contributed by atoms with E-state index in [2.05, 4.69) is 46.1 Å². The molecule has 2 heterocycles. The smallest absolute Gasteiger partial charge is 0.0459 e. The first-order valence-electron chi connectivity index (χ1n) is 6.96. The molecule has 1 aliphatic heterocycles. The molecule has 4 heteroatoms. The Labute approximate surface area is 114 Å². The van der Waals surface area contributed by atoms with Gasteiger partial charge in [0, 0.05) is 50.5 Å². The Balaban J connectivity index is 1.74. The maximum absolute atomic E-state index is 5.68. The molecule has 0 amide bonds. The molecule has 0 unspecified atom stereocenters. The molecule has 0 bridgehead atoms. The number of nitrogens with zero attached hydrogens (tertiary/aromatic N) is 2. The number of likely N-dealkylation sites (N-methyl/N-ethyl adjacent to an activating group) is 1. The van der Waals surface area contributed by atoms with Gasteiger partial charge in [-0.05, 0) is 30.1 Å². The average molecular weight is 258 g/mol. The lowest BCUT2D eigenvalue weighted by molar-refractivity contribution is 0.147. The number of rotatable bonds is 3. The molecule has 0 saturated carbocycles. The van der Waals surface area contributed by atoms with E-state index in [1.165, 1.54) is 22.2 Å². The molecule has 0 spiro atoms. The Bertz CT molecular complexity index is 552. The fourth-order valence-electron chi connectivity index (χ4n) is 2.69. The summed E-state index contributed by atoms with van der Waals surface area (Å²) in [7, 11) is 2.19. The Morgan fingerprint density at radius 2 is 1.95 bits per heavy atom. The van der Waals surface area contributed by atoms with E-state index < -0.39 is 0 Å². The third-order valence-corrected chi connectivity index (χ3v) is 3.97. The zero-order chi connectivity index (χ0) is 13.2. The van der Waals surface area contributed by atoms with Crippen molar-refractivity contribution in [3.63, 3.8) is 0 Å². The molecule has 1 saturated heterocycles. The minimum absolute atomic E-state index is 0.600. The predicted octanol–water partition coefficient (Wildman–Crippen LogP) is 1.37. The van der Waals surface area contributed by atoms with E-state index >= 15 is 0 Å². The van der Waals surface area contributed by atoms with Gasteiger partial charge in [0.25, 0.3) is 0 Å². The highest BCUT2D eigenvalue weighted by molar-refractivity contribution is 5.81. The summed E-state index contributed by atoms with van der Waals surface area (Å²) in [6.07, 6.45) is 0. The number of aromatic nitrogens is 1. The zero-order valence-electron chi connectivity index (χ0n) is 11.5. The van der Waals surface area contributed by atoms with Crippen molar-refractivity contribution in [3.8, 4) is 0 Å². The third kappa shape index (κ3) is 2.81. The van der Waals surface area contributed by atoms with Crippen molar-refractivity contribution in [2.45, 2.75) is 13.1 Å². The lowest BCUT2D eigenvalue weighted by Crippen LogP contribution is -2.43. The summed E-state index contributed by atoms with van der Waals surface area (Å²) in [5, 5.41) is 1.28. The first kappa shape index (κ1) is 12.7. The molecule has 0 radical (unpaired) electrons. The first-order chi connectivity index (χ1) is 9.24. The van der Waals surface area contributed by atoms with Crippen LogP contribution in [0.5, 0.6) is 0 Å². The summed E-state index contributed by atoms with van der Waals surface area (Å²) in [4.78, 5) is 8.41. The van der Waals surface area contributed by atoms with Crippen molar-refractivity contribution >= 4 is 10.9 Å². The van der Waals surface area contributed by atoms with Gasteiger partial charge in [-0.2, -0.15) is 0 Å². The fourth-order valence-corrected chi connectivity index (χ4v) is 2.69. The number of nitrogens with two attached hydrogens (primary N) is 1. The fraction of sp³-hybridized carbons (Fsp3) is 0.467. The Morgan fingerprint density at radius 1 is 1.16 bits per heavy atom. The molecular weight excluding hydrogens is 236 g/mol. The first-order valence-corrected chi connectivity index (χ1v) is 6.96. The van der Waals surface area contributed by atoms with E-state index in [1.807, 2.05) is 0 Å². The second kappa shape index (κ2) is 5.33. The number of fused-ring (bicyclic) bond motifs is 1. The standard InChI is InChI=1S/C15H22N4/c1-18-4-6-19(7-5-18)11-14-9-13-3-2-12(10-16)8-15(13)17-14/h2-3,8-9,17H,4-7,10-11,16H2,1H3. The van der Waals surface area contributed by atoms with Gasteiger partial charge in [-0.25, -0.2) is 0 Å². The number of nitrogens with one attached hydrogen (secondary N) is 1. The Morgan fingerprint density at radius 3 is 2.68 bits per heavy atom. The minimum Gasteiger partial charge on any atom is -0.357 e. The monoisotopic (exact) mass is 258 g/mol. The van der Waals surface area contributed by atoms with E-state index in [9.17, 15) is 0 Å². The van der Waals surface area contributed by atoms with Crippen LogP contribution in [0.1, 0.15) is 11.3 Å². The number of benzene rings is 1. The van der Waals surface area contributed by atoms with Crippen molar-refractivity contribution in [1.29, 1.82) is 0 Å². The van der Waals surface area contributed by atoms with Crippen LogP contribution in [0.25, 0.3) is 10.9 Å². The molecule has 19 heavy (non-hydrogen) atoms. The van der Waals surface area contributed by atoms with Crippen molar-refractivity contribution in [3.05, 3.63) is 35.5 Å². The maximum Gasteiger partial charge on any atom is 0.0459 e. The number of hydrogen-bond donors (Lipinski definition) is 2. The van der Waals surface area contributed by atoms with Crippen molar-refractivity contribution in [2.75, 3.05) is 33.2 Å². The lowest BCUT2D eigenvalue weighted by atomic mass is 10.1. The molecular formula is C15H22N4. The molecule has 1 aromatic heterocycles. The Hall–Kier alpha value is -1.36. The van der Waals surface area contributed by atoms with Gasteiger partial charge in [-0.3, -0.25) is 4.90 Å². The van der Waals surface area contributed by atoms with Gasteiger partial charge < -0.3 is 15.6 Å². The van der Waals surface area contributed by atoms with Gasteiger partial charge in [-0.1, -0.05) is 12.1 Å². The van der Waals surface area contributed by atoms with Crippen LogP contribution in [0, 0.1) is 0 Å². The van der Waals surface area contributed by atoms with Gasteiger partial charge in [0.2, 0.25) is 0 Å². The third-order valence-electron chi connectivity index (χ3n) is 3.97. The lowest BCUT2D eigenvalue weighted by Gasteiger charge is -2.31. The zero-order valence-corrected chi connectivity index (χ0v) is 11.5. The quantitative estimate of drug-likeness (QED) is 0.874. The topological polar surface area (TPSA) is 48.3 Å². The average Bonchev–Trinajstić information content (AvgIpc) is 2.82. The number of aromatic amines is 1. The van der Waals surface area contributed by atoms with Crippen molar-refractivity contribution in [1.82, 2.24) is 14.8 Å². The molecule has 1 aliphatic rings. The molecule has 1 fully saturated rings. The number of piperazine rings is 1. The van der Waals surface area contributed by atoms with Gasteiger partial charge >= 0.3 is 0 Å². The summed E-state index contributed by atoms with van der Waals surface area (Å²) in [5.41, 5.74) is 9.37. The van der Waals surface area contributed by atoms with Gasteiger partial charge in [0.1, 0.15) is 0 Å². The summed E-state index contributed by atoms with van der Waals surface area (Å²) in [6, 6.07) is 8.67. The van der Waals surface area contributed by atoms with Crippen LogP contribution in [0.15, 0.2) is 24.3 Å². The van der Waals surface area contributed by atoms with Crippen LogP contribution < -0.4 is 5.73 Å². The molecule has 1 aromatic carbocycles. The summed E-state index contributed by atoms with van der Waals surface area (Å²) < 4.78 is 0. The van der Waals surface area contributed by atoms with E-state index in [1.54, 1.807) is 0 Å². The summed E-state index contributed by atoms with van der Waals surface area (Å²) >= 11 is 0. The van der Waals surface area contributed by atoms with Crippen LogP contribution in [-0.4, -0.2) is 48.0 Å². The van der Waals surface area contributed by atoms with Gasteiger partial charge in [-0.15, -0.1) is 0 Å². The summed E-state index contributed by atoms with van der Waals surface area (Å²) in [5.74, 6) is 0. The van der Waals surface area contributed by atoms with Crippen LogP contribution in [0.2, 0.25) is 0 Å². The van der Waals surface area contributed by atoms with Gasteiger partial charge in [0.05, 0.1) is 0 Å². The minimum atomic E-state index is 0.600. The highest BCUT2D eigenvalue weighted by Crippen LogP contribution is 2.18. The highest BCUT2D eigenvalue weighted by atomic mass is 15.2. The molecule has 0 atom stereocenters. The molecule has 2 aromatic rings. The van der Waals surface area contributed by atoms with Gasteiger partial charge in [0.15, 0.2) is 0 Å². The van der Waals surface area contributed by atoms with E-state index in [4.69, 9.17) is 5.73 Å². The number of H-pyrrole nitrogens is 1. The van der Waals surface area contributed by atoms with E-state index in [-0.39, 0.29) is 0 Å². The predicted molar refractivity (Wildman–Crippen MR) is 79.0 cm³/mol. The van der Waals surface area contributed by atoms with Crippen LogP contribution in [-0.2, 0) is 13.1 Å². The highest BCUT2D eigenvalue weighted by Gasteiger charge is 2.14. The van der Waals surface area contributed by atoms with E-state index in [0.717, 1.165) is 32.7 Å². The second-order valence-electron chi connectivity index (χ2n) is 5.50. The second-order valence-corrected chi connectivity index (χ2v) is 5.50. The van der Waals surface area contributed by atoms with Crippen LogP contribution in [0.4, 0.5) is 0 Å². The number of hydrogen-bond acceptors (Lipinski definition) is 3. The molecule has 3 rings (SSSR count). The molecule has 0 aliphatic carbocycles. The van der Waals surface area contributed by atoms with Crippen molar-refractivity contribution < 1.29 is 0 Å². The normalized spacial score (nSPS) is 18.2.